The number of nitrogens with two attached hydrogens (primary N) is 1. The molecule has 1 aliphatic heterocycles. The highest BCUT2D eigenvalue weighted by atomic mass is 16.2. The summed E-state index contributed by atoms with van der Waals surface area (Å²) in [4.78, 5) is 27.2. The van der Waals surface area contributed by atoms with Gasteiger partial charge in [0.25, 0.3) is 5.91 Å². The van der Waals surface area contributed by atoms with Crippen molar-refractivity contribution in [3.8, 4) is 11.1 Å². The monoisotopic (exact) mass is 497 g/mol. The van der Waals surface area contributed by atoms with Crippen molar-refractivity contribution in [2.75, 3.05) is 24.5 Å². The summed E-state index contributed by atoms with van der Waals surface area (Å²) in [5, 5.41) is 4.88. The first-order valence-electron chi connectivity index (χ1n) is 13.2. The van der Waals surface area contributed by atoms with Gasteiger partial charge in [0.2, 0.25) is 0 Å². The van der Waals surface area contributed by atoms with Crippen molar-refractivity contribution in [1.82, 2.24) is 24.5 Å². The Morgan fingerprint density at radius 2 is 2.03 bits per heavy atom. The quantitative estimate of drug-likeness (QED) is 0.381. The van der Waals surface area contributed by atoms with Crippen LogP contribution in [0.4, 0.5) is 5.82 Å². The minimum atomic E-state index is -0.153. The first kappa shape index (κ1) is 24.9. The summed E-state index contributed by atoms with van der Waals surface area (Å²) < 4.78 is 1.84. The van der Waals surface area contributed by atoms with E-state index in [1.165, 1.54) is 0 Å². The minimum absolute atomic E-state index is 0.00683. The first-order chi connectivity index (χ1) is 18.0. The topological polar surface area (TPSA) is 92.7 Å². The number of rotatable bonds is 8. The number of carbonyl (C=O) groups excluding carboxylic acids is 1. The van der Waals surface area contributed by atoms with E-state index in [-0.39, 0.29) is 18.0 Å². The molecule has 0 unspecified atom stereocenters. The van der Waals surface area contributed by atoms with Gasteiger partial charge in [-0.3, -0.25) is 9.78 Å². The second-order valence-corrected chi connectivity index (χ2v) is 9.86. The van der Waals surface area contributed by atoms with E-state index in [4.69, 9.17) is 15.8 Å². The number of hydrogen-bond acceptors (Lipinski definition) is 6. The van der Waals surface area contributed by atoms with Gasteiger partial charge in [0.15, 0.2) is 5.65 Å². The highest BCUT2D eigenvalue weighted by Gasteiger charge is 2.28. The maximum Gasteiger partial charge on any atom is 0.254 e. The molecule has 0 spiro atoms. The standard InChI is InChI=1S/C29H35N7O/c1-4-13-35(29(37)22-9-6-8-21(15-22)23-10-7-12-31-17-23)26(5-2)25-16-27-32-28(20(3)18-36(27)33-25)34-14-11-24(30)19-34/h6-10,12,15-18,24,26H,4-5,11,13-14,19,30H2,1-3H3/t24-,26-/m0/s1. The van der Waals surface area contributed by atoms with Crippen LogP contribution in [-0.4, -0.2) is 56.1 Å². The molecule has 4 aromatic rings. The predicted octanol–water partition coefficient (Wildman–Crippen LogP) is 4.64. The van der Waals surface area contributed by atoms with Crippen LogP contribution in [0.3, 0.4) is 0 Å². The van der Waals surface area contributed by atoms with Gasteiger partial charge >= 0.3 is 0 Å². The molecule has 3 aromatic heterocycles. The molecule has 2 N–H and O–H groups in total. The van der Waals surface area contributed by atoms with E-state index in [0.29, 0.717) is 12.1 Å². The van der Waals surface area contributed by atoms with Crippen LogP contribution in [-0.2, 0) is 0 Å². The van der Waals surface area contributed by atoms with Gasteiger partial charge in [-0.25, -0.2) is 9.50 Å². The van der Waals surface area contributed by atoms with Crippen molar-refractivity contribution in [2.45, 2.75) is 52.1 Å². The third-order valence-corrected chi connectivity index (χ3v) is 7.08. The van der Waals surface area contributed by atoms with E-state index < -0.39 is 0 Å². The summed E-state index contributed by atoms with van der Waals surface area (Å²) in [7, 11) is 0. The summed E-state index contributed by atoms with van der Waals surface area (Å²) in [6.45, 7) is 8.64. The van der Waals surface area contributed by atoms with Gasteiger partial charge in [0.1, 0.15) is 5.82 Å². The molecule has 37 heavy (non-hydrogen) atoms. The normalized spacial score (nSPS) is 16.3. The van der Waals surface area contributed by atoms with E-state index in [9.17, 15) is 4.79 Å². The number of hydrogen-bond donors (Lipinski definition) is 1. The summed E-state index contributed by atoms with van der Waals surface area (Å²) >= 11 is 0. The molecule has 2 atom stereocenters. The zero-order valence-corrected chi connectivity index (χ0v) is 21.8. The highest BCUT2D eigenvalue weighted by Crippen LogP contribution is 2.29. The number of pyridine rings is 1. The molecule has 1 aromatic carbocycles. The predicted molar refractivity (Wildman–Crippen MR) is 147 cm³/mol. The fraction of sp³-hybridized carbons (Fsp3) is 0.379. The smallest absolute Gasteiger partial charge is 0.254 e. The van der Waals surface area contributed by atoms with Crippen LogP contribution in [0.1, 0.15) is 60.8 Å². The maximum absolute atomic E-state index is 13.9. The van der Waals surface area contributed by atoms with E-state index in [2.05, 4.69) is 30.7 Å². The van der Waals surface area contributed by atoms with Gasteiger partial charge in [0, 0.05) is 67.0 Å². The molecule has 8 heteroatoms. The zero-order chi connectivity index (χ0) is 25.9. The summed E-state index contributed by atoms with van der Waals surface area (Å²) in [6, 6.07) is 13.8. The molecule has 0 aliphatic carbocycles. The number of aryl methyl sites for hydroxylation is 1. The Morgan fingerprint density at radius 1 is 1.19 bits per heavy atom. The maximum atomic E-state index is 13.9. The van der Waals surface area contributed by atoms with Crippen LogP contribution in [0.2, 0.25) is 0 Å². The third kappa shape index (κ3) is 5.06. The Labute approximate surface area is 218 Å². The van der Waals surface area contributed by atoms with Crippen LogP contribution in [0.5, 0.6) is 0 Å². The lowest BCUT2D eigenvalue weighted by Gasteiger charge is -2.30. The van der Waals surface area contributed by atoms with E-state index in [1.807, 2.05) is 64.3 Å². The second-order valence-electron chi connectivity index (χ2n) is 9.86. The van der Waals surface area contributed by atoms with Crippen LogP contribution in [0.25, 0.3) is 16.8 Å². The molecule has 0 bridgehead atoms. The van der Waals surface area contributed by atoms with Gasteiger partial charge in [-0.1, -0.05) is 32.0 Å². The molecule has 0 saturated carbocycles. The fourth-order valence-corrected chi connectivity index (χ4v) is 5.24. The van der Waals surface area contributed by atoms with Gasteiger partial charge in [-0.15, -0.1) is 0 Å². The van der Waals surface area contributed by atoms with Crippen LogP contribution in [0.15, 0.2) is 61.1 Å². The largest absolute Gasteiger partial charge is 0.355 e. The summed E-state index contributed by atoms with van der Waals surface area (Å²) in [5.41, 5.74) is 11.5. The lowest BCUT2D eigenvalue weighted by atomic mass is 10.0. The van der Waals surface area contributed by atoms with Crippen molar-refractivity contribution >= 4 is 17.4 Å². The molecule has 1 amide bonds. The molecule has 8 nitrogen and oxygen atoms in total. The molecule has 4 heterocycles. The van der Waals surface area contributed by atoms with Crippen molar-refractivity contribution in [3.05, 3.63) is 77.9 Å². The lowest BCUT2D eigenvalue weighted by Crippen LogP contribution is -2.35. The fourth-order valence-electron chi connectivity index (χ4n) is 5.24. The first-order valence-corrected chi connectivity index (χ1v) is 13.2. The molecule has 5 rings (SSSR count). The van der Waals surface area contributed by atoms with Crippen LogP contribution >= 0.6 is 0 Å². The van der Waals surface area contributed by atoms with Gasteiger partial charge in [0.05, 0.1) is 11.7 Å². The third-order valence-electron chi connectivity index (χ3n) is 7.08. The average molecular weight is 498 g/mol. The minimum Gasteiger partial charge on any atom is -0.355 e. The van der Waals surface area contributed by atoms with Crippen LogP contribution < -0.4 is 10.6 Å². The number of benzene rings is 1. The van der Waals surface area contributed by atoms with Gasteiger partial charge in [-0.2, -0.15) is 5.10 Å². The van der Waals surface area contributed by atoms with Gasteiger partial charge < -0.3 is 15.5 Å². The van der Waals surface area contributed by atoms with E-state index >= 15 is 0 Å². The van der Waals surface area contributed by atoms with Crippen molar-refractivity contribution < 1.29 is 4.79 Å². The Balaban J connectivity index is 1.47. The van der Waals surface area contributed by atoms with Crippen LogP contribution in [0, 0.1) is 6.92 Å². The zero-order valence-electron chi connectivity index (χ0n) is 21.8. The Hall–Kier alpha value is -3.78. The number of fused-ring (bicyclic) bond motifs is 1. The summed E-state index contributed by atoms with van der Waals surface area (Å²) in [6.07, 6.45) is 8.19. The van der Waals surface area contributed by atoms with Crippen molar-refractivity contribution in [2.24, 2.45) is 5.73 Å². The summed E-state index contributed by atoms with van der Waals surface area (Å²) in [5.74, 6) is 0.973. The van der Waals surface area contributed by atoms with E-state index in [0.717, 1.165) is 66.2 Å². The Morgan fingerprint density at radius 3 is 2.73 bits per heavy atom. The molecular formula is C29H35N7O. The number of amides is 1. The highest BCUT2D eigenvalue weighted by molar-refractivity contribution is 5.95. The number of aromatic nitrogens is 4. The Bertz CT molecular complexity index is 1380. The van der Waals surface area contributed by atoms with Crippen molar-refractivity contribution in [3.63, 3.8) is 0 Å². The SMILES string of the molecule is CCCN(C(=O)c1cccc(-c2cccnc2)c1)[C@@H](CC)c1cc2nc(N3CC[C@H](N)C3)c(C)cn2n1. The number of carbonyl (C=O) groups is 1. The second kappa shape index (κ2) is 10.7. The molecule has 1 fully saturated rings. The lowest BCUT2D eigenvalue weighted by molar-refractivity contribution is 0.0666. The molecular weight excluding hydrogens is 462 g/mol. The molecule has 0 radical (unpaired) electrons. The molecule has 1 saturated heterocycles. The van der Waals surface area contributed by atoms with Gasteiger partial charge in [-0.05, 0) is 49.9 Å². The molecule has 192 valence electrons. The Kier molecular flexibility index (Phi) is 7.19. The van der Waals surface area contributed by atoms with E-state index in [1.54, 1.807) is 6.20 Å². The molecule has 1 aliphatic rings. The average Bonchev–Trinajstić information content (AvgIpc) is 3.53. The number of anilines is 1. The van der Waals surface area contributed by atoms with Crippen molar-refractivity contribution in [1.29, 1.82) is 0 Å². The number of nitrogens with zero attached hydrogens (tertiary/aromatic N) is 6.